The van der Waals surface area contributed by atoms with Gasteiger partial charge in [-0.15, -0.1) is 0 Å². The molecule has 5 atom stereocenters. The molecule has 1 saturated heterocycles. The Kier molecular flexibility index (Phi) is 10.4. The van der Waals surface area contributed by atoms with E-state index in [9.17, 15) is 10.2 Å². The summed E-state index contributed by atoms with van der Waals surface area (Å²) >= 11 is 0. The second-order valence-electron chi connectivity index (χ2n) is 11.1. The molecule has 1 aromatic carbocycles. The number of methoxy groups -OCH3 is 1. The van der Waals surface area contributed by atoms with Crippen molar-refractivity contribution in [3.63, 3.8) is 0 Å². The summed E-state index contributed by atoms with van der Waals surface area (Å²) in [6.45, 7) is 17.0. The predicted octanol–water partition coefficient (Wildman–Crippen LogP) is 4.26. The first-order chi connectivity index (χ1) is 16.1. The van der Waals surface area contributed by atoms with Gasteiger partial charge in [0.15, 0.2) is 14.1 Å². The standard InChI is InChI=1S/C27H44O7Si/c1-19(28)24-25(33-27(5,6)32-24)23(29)15-14-22(34-35(8,9)26(2,3)4)16-17-31-18-20-10-12-21(30-7)13-11-20/h10-13,19,22-25,28-29H,16-18H2,1-9H3/t19-,22-,23+,24-,25+/m0/s1. The summed E-state index contributed by atoms with van der Waals surface area (Å²) < 4.78 is 29.2. The Morgan fingerprint density at radius 1 is 1.06 bits per heavy atom. The first-order valence-corrected chi connectivity index (χ1v) is 15.2. The van der Waals surface area contributed by atoms with Gasteiger partial charge >= 0.3 is 0 Å². The maximum atomic E-state index is 10.8. The predicted molar refractivity (Wildman–Crippen MR) is 139 cm³/mol. The molecule has 0 unspecified atom stereocenters. The highest BCUT2D eigenvalue weighted by Gasteiger charge is 2.46. The molecule has 198 valence electrons. The van der Waals surface area contributed by atoms with Crippen molar-refractivity contribution in [1.29, 1.82) is 0 Å². The zero-order valence-electron chi connectivity index (χ0n) is 22.8. The third-order valence-corrected chi connectivity index (χ3v) is 11.0. The molecule has 0 bridgehead atoms. The summed E-state index contributed by atoms with van der Waals surface area (Å²) in [5.41, 5.74) is 1.05. The Labute approximate surface area is 212 Å². The molecule has 2 rings (SSSR count). The lowest BCUT2D eigenvalue weighted by molar-refractivity contribution is -0.157. The molecule has 0 spiro atoms. The van der Waals surface area contributed by atoms with Crippen LogP contribution in [0.4, 0.5) is 0 Å². The molecule has 8 heteroatoms. The third-order valence-electron chi connectivity index (χ3n) is 6.54. The van der Waals surface area contributed by atoms with Crippen LogP contribution in [0.15, 0.2) is 24.3 Å². The maximum Gasteiger partial charge on any atom is 0.193 e. The van der Waals surface area contributed by atoms with Gasteiger partial charge in [0.1, 0.15) is 30.2 Å². The highest BCUT2D eigenvalue weighted by Crippen LogP contribution is 2.37. The molecular weight excluding hydrogens is 464 g/mol. The minimum absolute atomic E-state index is 0.0132. The van der Waals surface area contributed by atoms with Crippen LogP contribution in [0.1, 0.15) is 53.5 Å². The van der Waals surface area contributed by atoms with E-state index in [1.807, 2.05) is 24.3 Å². The largest absolute Gasteiger partial charge is 0.497 e. The summed E-state index contributed by atoms with van der Waals surface area (Å²) in [6.07, 6.45) is -3.18. The van der Waals surface area contributed by atoms with Crippen molar-refractivity contribution in [2.45, 2.75) is 109 Å². The fourth-order valence-electron chi connectivity index (χ4n) is 3.49. The SMILES string of the molecule is COc1ccc(COCC[C@H](C#C[C@@H](O)[C@H]2OC(C)(C)O[C@H]2[C@H](C)O)O[Si](C)(C)C(C)(C)C)cc1. The van der Waals surface area contributed by atoms with Crippen LogP contribution in [-0.4, -0.2) is 68.6 Å². The van der Waals surface area contributed by atoms with E-state index in [0.717, 1.165) is 11.3 Å². The van der Waals surface area contributed by atoms with Gasteiger partial charge in [-0.2, -0.15) is 0 Å². The quantitative estimate of drug-likeness (QED) is 0.277. The van der Waals surface area contributed by atoms with Crippen molar-refractivity contribution in [1.82, 2.24) is 0 Å². The second-order valence-corrected chi connectivity index (χ2v) is 15.9. The van der Waals surface area contributed by atoms with Crippen LogP contribution in [0.2, 0.25) is 18.1 Å². The molecule has 0 saturated carbocycles. The first-order valence-electron chi connectivity index (χ1n) is 12.3. The number of rotatable bonds is 10. The molecule has 1 aliphatic rings. The van der Waals surface area contributed by atoms with Crippen LogP contribution >= 0.6 is 0 Å². The fraction of sp³-hybridized carbons (Fsp3) is 0.704. The second kappa shape index (κ2) is 12.2. The topological polar surface area (TPSA) is 86.6 Å². The number of ether oxygens (including phenoxy) is 4. The number of aliphatic hydroxyl groups excluding tert-OH is 2. The molecule has 0 aliphatic carbocycles. The van der Waals surface area contributed by atoms with Crippen LogP contribution < -0.4 is 4.74 Å². The number of hydrogen-bond acceptors (Lipinski definition) is 7. The van der Waals surface area contributed by atoms with Crippen molar-refractivity contribution >= 4 is 8.32 Å². The van der Waals surface area contributed by atoms with Gasteiger partial charge in [0.05, 0.1) is 26.4 Å². The average Bonchev–Trinajstić information content (AvgIpc) is 3.10. The van der Waals surface area contributed by atoms with Gasteiger partial charge in [0.25, 0.3) is 0 Å². The fourth-order valence-corrected chi connectivity index (χ4v) is 4.73. The van der Waals surface area contributed by atoms with Gasteiger partial charge in [-0.05, 0) is 56.6 Å². The van der Waals surface area contributed by atoms with E-state index in [0.29, 0.717) is 19.6 Å². The highest BCUT2D eigenvalue weighted by atomic mass is 28.4. The van der Waals surface area contributed by atoms with Crippen LogP contribution in [0.3, 0.4) is 0 Å². The van der Waals surface area contributed by atoms with E-state index in [1.54, 1.807) is 27.9 Å². The number of hydrogen-bond donors (Lipinski definition) is 2. The van der Waals surface area contributed by atoms with E-state index in [4.69, 9.17) is 23.4 Å². The minimum Gasteiger partial charge on any atom is -0.497 e. The van der Waals surface area contributed by atoms with Gasteiger partial charge in [0.2, 0.25) is 0 Å². The van der Waals surface area contributed by atoms with Crippen molar-refractivity contribution in [2.24, 2.45) is 0 Å². The van der Waals surface area contributed by atoms with Gasteiger partial charge in [-0.1, -0.05) is 44.7 Å². The van der Waals surface area contributed by atoms with Crippen molar-refractivity contribution in [2.75, 3.05) is 13.7 Å². The molecule has 7 nitrogen and oxygen atoms in total. The molecule has 35 heavy (non-hydrogen) atoms. The van der Waals surface area contributed by atoms with Gasteiger partial charge in [-0.25, -0.2) is 0 Å². The molecular formula is C27H44O7Si. The molecule has 1 heterocycles. The lowest BCUT2D eigenvalue weighted by Crippen LogP contribution is -2.44. The van der Waals surface area contributed by atoms with E-state index in [-0.39, 0.29) is 5.04 Å². The third kappa shape index (κ3) is 8.87. The highest BCUT2D eigenvalue weighted by molar-refractivity contribution is 6.74. The zero-order valence-corrected chi connectivity index (χ0v) is 23.8. The summed E-state index contributed by atoms with van der Waals surface area (Å²) in [6, 6.07) is 7.77. The molecule has 1 aromatic rings. The van der Waals surface area contributed by atoms with Crippen LogP contribution in [-0.2, 0) is 25.2 Å². The van der Waals surface area contributed by atoms with E-state index < -0.39 is 44.6 Å². The van der Waals surface area contributed by atoms with E-state index in [1.165, 1.54) is 0 Å². The van der Waals surface area contributed by atoms with Crippen molar-refractivity contribution in [3.8, 4) is 17.6 Å². The number of benzene rings is 1. The lowest BCUT2D eigenvalue weighted by Gasteiger charge is -2.38. The Hall–Kier alpha value is -1.44. The molecule has 1 fully saturated rings. The van der Waals surface area contributed by atoms with Gasteiger partial charge < -0.3 is 33.6 Å². The van der Waals surface area contributed by atoms with Gasteiger partial charge in [0, 0.05) is 6.42 Å². The molecule has 1 aliphatic heterocycles. The Bertz CT molecular complexity index is 849. The summed E-state index contributed by atoms with van der Waals surface area (Å²) in [5.74, 6) is 5.94. The smallest absolute Gasteiger partial charge is 0.193 e. The first kappa shape index (κ1) is 29.8. The van der Waals surface area contributed by atoms with Gasteiger partial charge in [-0.3, -0.25) is 0 Å². The molecule has 0 amide bonds. The monoisotopic (exact) mass is 508 g/mol. The Balaban J connectivity index is 2.07. The van der Waals surface area contributed by atoms with Crippen LogP contribution in [0, 0.1) is 11.8 Å². The minimum atomic E-state index is -2.11. The zero-order chi connectivity index (χ0) is 26.4. The van der Waals surface area contributed by atoms with Crippen LogP contribution in [0.25, 0.3) is 0 Å². The maximum absolute atomic E-state index is 10.8. The average molecular weight is 509 g/mol. The summed E-state index contributed by atoms with van der Waals surface area (Å²) in [4.78, 5) is 0. The van der Waals surface area contributed by atoms with Crippen molar-refractivity contribution < 1.29 is 33.6 Å². The van der Waals surface area contributed by atoms with Crippen LogP contribution in [0.5, 0.6) is 5.75 Å². The summed E-state index contributed by atoms with van der Waals surface area (Å²) in [7, 11) is -0.468. The van der Waals surface area contributed by atoms with E-state index >= 15 is 0 Å². The van der Waals surface area contributed by atoms with E-state index in [2.05, 4.69) is 45.7 Å². The Morgan fingerprint density at radius 2 is 1.66 bits per heavy atom. The summed E-state index contributed by atoms with van der Waals surface area (Å²) in [5, 5.41) is 20.9. The van der Waals surface area contributed by atoms with Crippen molar-refractivity contribution in [3.05, 3.63) is 29.8 Å². The molecule has 0 aromatic heterocycles. The molecule has 0 radical (unpaired) electrons. The lowest BCUT2D eigenvalue weighted by atomic mass is 10.0. The molecule has 2 N–H and O–H groups in total. The Morgan fingerprint density at radius 3 is 2.20 bits per heavy atom. The number of aliphatic hydroxyl groups is 2. The normalized spacial score (nSPS) is 22.7.